The molecule has 134 valence electrons. The van der Waals surface area contributed by atoms with E-state index in [1.54, 1.807) is 6.33 Å². The number of amides is 1. The molecule has 2 aromatic rings. The molecule has 1 aliphatic rings. The number of para-hydroxylation sites is 1. The van der Waals surface area contributed by atoms with E-state index in [-0.39, 0.29) is 12.5 Å². The van der Waals surface area contributed by atoms with E-state index in [1.165, 1.54) is 0 Å². The van der Waals surface area contributed by atoms with E-state index in [2.05, 4.69) is 20.2 Å². The Bertz CT molecular complexity index is 695. The van der Waals surface area contributed by atoms with Crippen molar-refractivity contribution in [3.05, 3.63) is 30.6 Å². The number of β-amino-alcohol motifs (C(OH)–C–C–N with tert-alkyl or cyclic N) is 1. The molecule has 0 spiro atoms. The summed E-state index contributed by atoms with van der Waals surface area (Å²) in [7, 11) is 0. The van der Waals surface area contributed by atoms with Crippen LogP contribution in [0.2, 0.25) is 0 Å². The van der Waals surface area contributed by atoms with Gasteiger partial charge in [0.1, 0.15) is 12.1 Å². The molecule has 1 aromatic heterocycles. The van der Waals surface area contributed by atoms with Gasteiger partial charge in [-0.2, -0.15) is 0 Å². The average molecular weight is 343 g/mol. The summed E-state index contributed by atoms with van der Waals surface area (Å²) in [6, 6.07) is 7.88. The van der Waals surface area contributed by atoms with Crippen LogP contribution in [-0.2, 0) is 4.79 Å². The molecular weight excluding hydrogens is 318 g/mol. The second kappa shape index (κ2) is 8.73. The van der Waals surface area contributed by atoms with Crippen LogP contribution < -0.4 is 5.32 Å². The number of piperazine rings is 1. The molecule has 25 heavy (non-hydrogen) atoms. The first kappa shape index (κ1) is 17.6. The molecule has 0 bridgehead atoms. The molecule has 1 saturated heterocycles. The summed E-state index contributed by atoms with van der Waals surface area (Å²) in [6.07, 6.45) is 2.87. The van der Waals surface area contributed by atoms with Gasteiger partial charge >= 0.3 is 0 Å². The van der Waals surface area contributed by atoms with E-state index in [4.69, 9.17) is 5.11 Å². The van der Waals surface area contributed by atoms with Crippen molar-refractivity contribution in [1.29, 1.82) is 0 Å². The molecule has 1 fully saturated rings. The van der Waals surface area contributed by atoms with Crippen LogP contribution in [0.25, 0.3) is 10.9 Å². The zero-order valence-electron chi connectivity index (χ0n) is 14.4. The van der Waals surface area contributed by atoms with Crippen molar-refractivity contribution >= 4 is 22.6 Å². The fraction of sp³-hybridized carbons (Fsp3) is 0.500. The summed E-state index contributed by atoms with van der Waals surface area (Å²) >= 11 is 0. The van der Waals surface area contributed by atoms with Crippen molar-refractivity contribution < 1.29 is 9.90 Å². The largest absolute Gasteiger partial charge is 0.395 e. The quantitative estimate of drug-likeness (QED) is 0.729. The summed E-state index contributed by atoms with van der Waals surface area (Å²) in [5, 5.41) is 13.3. The van der Waals surface area contributed by atoms with E-state index in [0.717, 1.165) is 49.3 Å². The van der Waals surface area contributed by atoms with Gasteiger partial charge < -0.3 is 15.3 Å². The first-order valence-corrected chi connectivity index (χ1v) is 8.82. The number of carbonyl (C=O) groups is 1. The molecule has 2 heterocycles. The Labute approximate surface area is 147 Å². The molecule has 7 heteroatoms. The van der Waals surface area contributed by atoms with Gasteiger partial charge in [0.2, 0.25) is 5.91 Å². The number of hydrogen-bond donors (Lipinski definition) is 2. The third-order valence-corrected chi connectivity index (χ3v) is 4.54. The van der Waals surface area contributed by atoms with E-state index >= 15 is 0 Å². The Morgan fingerprint density at radius 3 is 2.76 bits per heavy atom. The summed E-state index contributed by atoms with van der Waals surface area (Å²) in [4.78, 5) is 24.9. The number of rotatable bonds is 7. The van der Waals surface area contributed by atoms with Crippen molar-refractivity contribution in [3.63, 3.8) is 0 Å². The molecule has 0 saturated carbocycles. The summed E-state index contributed by atoms with van der Waals surface area (Å²) in [5.41, 5.74) is 0.914. The van der Waals surface area contributed by atoms with Crippen molar-refractivity contribution in [2.45, 2.75) is 12.8 Å². The van der Waals surface area contributed by atoms with Gasteiger partial charge in [0.05, 0.1) is 12.1 Å². The summed E-state index contributed by atoms with van der Waals surface area (Å²) in [6.45, 7) is 4.77. The molecular formula is C18H25N5O2. The van der Waals surface area contributed by atoms with Gasteiger partial charge in [0.25, 0.3) is 0 Å². The predicted octanol–water partition coefficient (Wildman–Crippen LogP) is 0.958. The lowest BCUT2D eigenvalue weighted by atomic mass is 10.2. The maximum Gasteiger partial charge on any atom is 0.222 e. The van der Waals surface area contributed by atoms with E-state index in [9.17, 15) is 4.79 Å². The fourth-order valence-electron chi connectivity index (χ4n) is 3.11. The fourth-order valence-corrected chi connectivity index (χ4v) is 3.11. The van der Waals surface area contributed by atoms with Gasteiger partial charge in [-0.15, -0.1) is 0 Å². The van der Waals surface area contributed by atoms with Gasteiger partial charge in [0, 0.05) is 51.1 Å². The third kappa shape index (κ3) is 4.64. The normalized spacial score (nSPS) is 15.5. The van der Waals surface area contributed by atoms with Crippen molar-refractivity contribution in [2.24, 2.45) is 0 Å². The van der Waals surface area contributed by atoms with Gasteiger partial charge in [-0.3, -0.25) is 9.69 Å². The van der Waals surface area contributed by atoms with E-state index < -0.39 is 0 Å². The zero-order chi connectivity index (χ0) is 17.5. The Morgan fingerprint density at radius 1 is 1.16 bits per heavy atom. The Balaban J connectivity index is 1.42. The molecule has 0 unspecified atom stereocenters. The van der Waals surface area contributed by atoms with Crippen LogP contribution >= 0.6 is 0 Å². The van der Waals surface area contributed by atoms with Crippen molar-refractivity contribution in [2.75, 3.05) is 51.2 Å². The van der Waals surface area contributed by atoms with Crippen LogP contribution in [0.3, 0.4) is 0 Å². The van der Waals surface area contributed by atoms with Crippen LogP contribution in [0.15, 0.2) is 30.6 Å². The first-order chi connectivity index (χ1) is 12.3. The van der Waals surface area contributed by atoms with Crippen LogP contribution in [-0.4, -0.2) is 76.7 Å². The maximum absolute atomic E-state index is 12.3. The minimum Gasteiger partial charge on any atom is -0.395 e. The van der Waals surface area contributed by atoms with E-state index in [0.29, 0.717) is 19.5 Å². The SMILES string of the molecule is O=C(CCCNc1ncnc2ccccc12)N1CCN(CCO)CC1. The highest BCUT2D eigenvalue weighted by atomic mass is 16.3. The second-order valence-corrected chi connectivity index (χ2v) is 6.22. The van der Waals surface area contributed by atoms with Crippen LogP contribution in [0.5, 0.6) is 0 Å². The van der Waals surface area contributed by atoms with Gasteiger partial charge in [0.15, 0.2) is 0 Å². The molecule has 1 amide bonds. The summed E-state index contributed by atoms with van der Waals surface area (Å²) in [5.74, 6) is 1.02. The number of nitrogens with one attached hydrogen (secondary N) is 1. The number of benzene rings is 1. The Kier molecular flexibility index (Phi) is 6.14. The highest BCUT2D eigenvalue weighted by Gasteiger charge is 2.20. The monoisotopic (exact) mass is 343 g/mol. The molecule has 3 rings (SSSR count). The second-order valence-electron chi connectivity index (χ2n) is 6.22. The lowest BCUT2D eigenvalue weighted by Gasteiger charge is -2.34. The number of nitrogens with zero attached hydrogens (tertiary/aromatic N) is 4. The Morgan fingerprint density at radius 2 is 1.96 bits per heavy atom. The molecule has 2 N–H and O–H groups in total. The van der Waals surface area contributed by atoms with Crippen molar-refractivity contribution in [3.8, 4) is 0 Å². The highest BCUT2D eigenvalue weighted by Crippen LogP contribution is 2.18. The van der Waals surface area contributed by atoms with Crippen LogP contribution in [0.1, 0.15) is 12.8 Å². The molecule has 1 aliphatic heterocycles. The molecule has 1 aromatic carbocycles. The Hall–Kier alpha value is -2.25. The van der Waals surface area contributed by atoms with Crippen LogP contribution in [0, 0.1) is 0 Å². The molecule has 0 atom stereocenters. The molecule has 7 nitrogen and oxygen atoms in total. The van der Waals surface area contributed by atoms with Crippen molar-refractivity contribution in [1.82, 2.24) is 19.8 Å². The van der Waals surface area contributed by atoms with Gasteiger partial charge in [-0.25, -0.2) is 9.97 Å². The number of carbonyl (C=O) groups excluding carboxylic acids is 1. The standard InChI is InChI=1S/C18H25N5O2/c24-13-12-22-8-10-23(11-9-22)17(25)6-3-7-19-18-15-4-1-2-5-16(15)20-14-21-18/h1-2,4-5,14,24H,3,6-13H2,(H,19,20,21). The minimum atomic E-state index is 0.178. The summed E-state index contributed by atoms with van der Waals surface area (Å²) < 4.78 is 0. The number of aromatic nitrogens is 2. The number of fused-ring (bicyclic) bond motifs is 1. The van der Waals surface area contributed by atoms with Gasteiger partial charge in [-0.05, 0) is 18.6 Å². The van der Waals surface area contributed by atoms with Gasteiger partial charge in [-0.1, -0.05) is 12.1 Å². The molecule has 0 aliphatic carbocycles. The van der Waals surface area contributed by atoms with Crippen LogP contribution in [0.4, 0.5) is 5.82 Å². The highest BCUT2D eigenvalue weighted by molar-refractivity contribution is 5.88. The average Bonchev–Trinajstić information content (AvgIpc) is 2.66. The number of hydrogen-bond acceptors (Lipinski definition) is 6. The molecule has 0 radical (unpaired) electrons. The predicted molar refractivity (Wildman–Crippen MR) is 97.4 cm³/mol. The third-order valence-electron chi connectivity index (χ3n) is 4.54. The first-order valence-electron chi connectivity index (χ1n) is 8.82. The lowest BCUT2D eigenvalue weighted by Crippen LogP contribution is -2.49. The number of aliphatic hydroxyl groups is 1. The maximum atomic E-state index is 12.3. The smallest absolute Gasteiger partial charge is 0.222 e. The topological polar surface area (TPSA) is 81.6 Å². The lowest BCUT2D eigenvalue weighted by molar-refractivity contribution is -0.133. The van der Waals surface area contributed by atoms with E-state index in [1.807, 2.05) is 29.2 Å². The number of aliphatic hydroxyl groups excluding tert-OH is 1. The number of anilines is 1. The minimum absolute atomic E-state index is 0.178. The zero-order valence-corrected chi connectivity index (χ0v) is 14.4.